The molecule has 2 aromatic heterocycles. The van der Waals surface area contributed by atoms with E-state index in [2.05, 4.69) is 31.0 Å². The van der Waals surface area contributed by atoms with Crippen molar-refractivity contribution in [2.75, 3.05) is 41.9 Å². The van der Waals surface area contributed by atoms with Gasteiger partial charge in [0.1, 0.15) is 11.6 Å². The van der Waals surface area contributed by atoms with E-state index in [1.165, 1.54) is 31.2 Å². The van der Waals surface area contributed by atoms with Gasteiger partial charge in [-0.15, -0.1) is 10.2 Å². The van der Waals surface area contributed by atoms with Gasteiger partial charge >= 0.3 is 0 Å². The minimum atomic E-state index is -0.111. The summed E-state index contributed by atoms with van der Waals surface area (Å²) in [7, 11) is 3.97. The number of aromatic nitrogens is 3. The van der Waals surface area contributed by atoms with Crippen LogP contribution < -0.4 is 14.7 Å². The molecule has 0 N–H and O–H groups in total. The van der Waals surface area contributed by atoms with E-state index >= 15 is 0 Å². The van der Waals surface area contributed by atoms with E-state index in [9.17, 15) is 4.39 Å². The molecule has 2 aliphatic carbocycles. The largest absolute Gasteiger partial charge is 0.364 e. The maximum Gasteiger partial charge on any atom is 0.151 e. The Hall–Kier alpha value is -3.22. The number of rotatable bonds is 6. The van der Waals surface area contributed by atoms with E-state index in [0.29, 0.717) is 17.5 Å². The summed E-state index contributed by atoms with van der Waals surface area (Å²) in [5.41, 5.74) is 4.79. The van der Waals surface area contributed by atoms with Crippen molar-refractivity contribution < 1.29 is 4.39 Å². The first-order chi connectivity index (χ1) is 18.0. The standard InChI is InChI=1S/C30H35FN6/c1-35(2)28-9-4-21(19-32-28)25-8-10-29(34-33-25)36-15-11-24(12-16-36)37-26-18-23(31)7-3-20(26)17-27(37)30(13-14-30)22-5-6-22/h3-4,7-10,18-19,22,24,27H,5-6,11-17H2,1-2H3. The topological polar surface area (TPSA) is 48.4 Å². The lowest BCUT2D eigenvalue weighted by atomic mass is 9.86. The summed E-state index contributed by atoms with van der Waals surface area (Å²) < 4.78 is 14.4. The Balaban J connectivity index is 1.06. The second-order valence-electron chi connectivity index (χ2n) is 11.7. The van der Waals surface area contributed by atoms with Crippen molar-refractivity contribution in [3.8, 4) is 11.3 Å². The average molecular weight is 499 g/mol. The van der Waals surface area contributed by atoms with Crippen LogP contribution in [0.1, 0.15) is 44.1 Å². The molecule has 3 aromatic rings. The molecule has 3 fully saturated rings. The zero-order valence-electron chi connectivity index (χ0n) is 21.8. The Bertz CT molecular complexity index is 1270. The lowest BCUT2D eigenvalue weighted by Crippen LogP contribution is -2.51. The second kappa shape index (κ2) is 8.67. The summed E-state index contributed by atoms with van der Waals surface area (Å²) in [6, 6.07) is 14.6. The minimum Gasteiger partial charge on any atom is -0.364 e. The second-order valence-corrected chi connectivity index (χ2v) is 11.7. The van der Waals surface area contributed by atoms with Crippen LogP contribution in [0.15, 0.2) is 48.7 Å². The maximum atomic E-state index is 14.4. The van der Waals surface area contributed by atoms with Crippen molar-refractivity contribution in [3.05, 3.63) is 60.0 Å². The highest BCUT2D eigenvalue weighted by Gasteiger charge is 2.61. The van der Waals surface area contributed by atoms with Crippen molar-refractivity contribution in [2.24, 2.45) is 11.3 Å². The number of pyridine rings is 1. The zero-order valence-corrected chi connectivity index (χ0v) is 21.8. The van der Waals surface area contributed by atoms with Gasteiger partial charge in [0.05, 0.1) is 5.69 Å². The molecule has 192 valence electrons. The number of fused-ring (bicyclic) bond motifs is 1. The average Bonchev–Trinajstić information content (AvgIpc) is 3.85. The number of anilines is 3. The third kappa shape index (κ3) is 4.03. The number of benzene rings is 1. The third-order valence-corrected chi connectivity index (χ3v) is 9.29. The molecule has 7 rings (SSSR count). The number of hydrogen-bond donors (Lipinski definition) is 0. The summed E-state index contributed by atoms with van der Waals surface area (Å²) in [5.74, 6) is 2.63. The molecule has 6 nitrogen and oxygen atoms in total. The van der Waals surface area contributed by atoms with Gasteiger partial charge < -0.3 is 14.7 Å². The van der Waals surface area contributed by atoms with E-state index in [1.54, 1.807) is 12.1 Å². The summed E-state index contributed by atoms with van der Waals surface area (Å²) >= 11 is 0. The predicted molar refractivity (Wildman–Crippen MR) is 146 cm³/mol. The highest BCUT2D eigenvalue weighted by Crippen LogP contribution is 2.66. The number of hydrogen-bond acceptors (Lipinski definition) is 6. The predicted octanol–water partition coefficient (Wildman–Crippen LogP) is 5.33. The fourth-order valence-electron chi connectivity index (χ4n) is 7.00. The molecule has 2 aliphatic heterocycles. The third-order valence-electron chi connectivity index (χ3n) is 9.29. The smallest absolute Gasteiger partial charge is 0.151 e. The molecule has 0 radical (unpaired) electrons. The Labute approximate surface area is 218 Å². The van der Waals surface area contributed by atoms with E-state index in [0.717, 1.165) is 66.9 Å². The monoisotopic (exact) mass is 498 g/mol. The molecule has 1 unspecified atom stereocenters. The molecule has 0 bridgehead atoms. The summed E-state index contributed by atoms with van der Waals surface area (Å²) in [6.07, 6.45) is 10.5. The summed E-state index contributed by atoms with van der Waals surface area (Å²) in [6.45, 7) is 1.89. The van der Waals surface area contributed by atoms with Gasteiger partial charge in [-0.3, -0.25) is 0 Å². The Morgan fingerprint density at radius 2 is 1.76 bits per heavy atom. The summed E-state index contributed by atoms with van der Waals surface area (Å²) in [5, 5.41) is 9.09. The maximum absolute atomic E-state index is 14.4. The van der Waals surface area contributed by atoms with Crippen molar-refractivity contribution >= 4 is 17.3 Å². The van der Waals surface area contributed by atoms with Gasteiger partial charge in [-0.1, -0.05) is 6.07 Å². The molecule has 1 aromatic carbocycles. The van der Waals surface area contributed by atoms with Gasteiger partial charge in [0.15, 0.2) is 5.82 Å². The normalized spacial score (nSPS) is 22.7. The van der Waals surface area contributed by atoms with Gasteiger partial charge in [-0.05, 0) is 98.2 Å². The van der Waals surface area contributed by atoms with Crippen molar-refractivity contribution in [1.29, 1.82) is 0 Å². The Kier molecular flexibility index (Phi) is 5.38. The highest BCUT2D eigenvalue weighted by molar-refractivity contribution is 5.63. The van der Waals surface area contributed by atoms with Gasteiger partial charge in [-0.2, -0.15) is 0 Å². The van der Waals surface area contributed by atoms with Crippen LogP contribution in [0.5, 0.6) is 0 Å². The van der Waals surface area contributed by atoms with E-state index in [4.69, 9.17) is 0 Å². The van der Waals surface area contributed by atoms with Crippen LogP contribution in [0, 0.1) is 17.2 Å². The van der Waals surface area contributed by atoms with Gasteiger partial charge in [0.2, 0.25) is 0 Å². The number of nitrogens with zero attached hydrogens (tertiary/aromatic N) is 6. The molecule has 7 heteroatoms. The SMILES string of the molecule is CN(C)c1ccc(-c2ccc(N3CCC(N4c5cc(F)ccc5CC4C4(C5CC5)CC4)CC3)nn2)cn1. The van der Waals surface area contributed by atoms with Gasteiger partial charge in [0.25, 0.3) is 0 Å². The molecule has 4 heterocycles. The molecular weight excluding hydrogens is 463 g/mol. The van der Waals surface area contributed by atoms with Crippen LogP contribution in [0.4, 0.5) is 21.7 Å². The van der Waals surface area contributed by atoms with Crippen LogP contribution in [0.25, 0.3) is 11.3 Å². The Morgan fingerprint density at radius 1 is 0.946 bits per heavy atom. The van der Waals surface area contributed by atoms with E-state index in [1.807, 2.05) is 49.5 Å². The van der Waals surface area contributed by atoms with Gasteiger partial charge in [-0.25, -0.2) is 9.37 Å². The van der Waals surface area contributed by atoms with Crippen molar-refractivity contribution in [3.63, 3.8) is 0 Å². The lowest BCUT2D eigenvalue weighted by Gasteiger charge is -2.44. The molecule has 37 heavy (non-hydrogen) atoms. The first-order valence-corrected chi connectivity index (χ1v) is 13.8. The van der Waals surface area contributed by atoms with Crippen LogP contribution >= 0.6 is 0 Å². The van der Waals surface area contributed by atoms with Crippen molar-refractivity contribution in [2.45, 2.75) is 57.0 Å². The van der Waals surface area contributed by atoms with Crippen LogP contribution in [0.3, 0.4) is 0 Å². The lowest BCUT2D eigenvalue weighted by molar-refractivity contribution is 0.305. The number of halogens is 1. The van der Waals surface area contributed by atoms with Crippen LogP contribution in [-0.2, 0) is 6.42 Å². The van der Waals surface area contributed by atoms with Crippen LogP contribution in [0.2, 0.25) is 0 Å². The first kappa shape index (κ1) is 22.9. The minimum absolute atomic E-state index is 0.111. The van der Waals surface area contributed by atoms with Crippen molar-refractivity contribution in [1.82, 2.24) is 15.2 Å². The zero-order chi connectivity index (χ0) is 25.1. The first-order valence-electron chi connectivity index (χ1n) is 13.8. The molecule has 0 amide bonds. The fraction of sp³-hybridized carbons (Fsp3) is 0.500. The fourth-order valence-corrected chi connectivity index (χ4v) is 7.00. The highest BCUT2D eigenvalue weighted by atomic mass is 19.1. The molecular formula is C30H35FN6. The Morgan fingerprint density at radius 3 is 2.38 bits per heavy atom. The van der Waals surface area contributed by atoms with Gasteiger partial charge in [0, 0.05) is 56.7 Å². The molecule has 4 aliphatic rings. The molecule has 2 saturated carbocycles. The molecule has 1 saturated heterocycles. The number of piperidine rings is 1. The quantitative estimate of drug-likeness (QED) is 0.458. The summed E-state index contributed by atoms with van der Waals surface area (Å²) in [4.78, 5) is 11.5. The molecule has 1 atom stereocenters. The van der Waals surface area contributed by atoms with E-state index < -0.39 is 0 Å². The van der Waals surface area contributed by atoms with Crippen LogP contribution in [-0.4, -0.2) is 54.4 Å². The van der Waals surface area contributed by atoms with E-state index in [-0.39, 0.29) is 5.82 Å². The molecule has 0 spiro atoms.